The summed E-state index contributed by atoms with van der Waals surface area (Å²) < 4.78 is 7.00. The van der Waals surface area contributed by atoms with Crippen LogP contribution in [0.5, 0.6) is 5.75 Å². The third kappa shape index (κ3) is 1.97. The molecule has 2 aromatic heterocycles. The van der Waals surface area contributed by atoms with Crippen LogP contribution in [0.1, 0.15) is 0 Å². The molecule has 4 rings (SSSR count). The number of nitrogens with one attached hydrogen (secondary N) is 2. The number of rotatable bonds is 3. The lowest BCUT2D eigenvalue weighted by atomic mass is 10.3. The van der Waals surface area contributed by atoms with E-state index in [0.717, 1.165) is 22.5 Å². The zero-order chi connectivity index (χ0) is 14.2. The molecule has 0 unspecified atom stereocenters. The monoisotopic (exact) mass is 279 g/mol. The van der Waals surface area contributed by atoms with Gasteiger partial charge in [0.25, 0.3) is 5.78 Å². The van der Waals surface area contributed by atoms with Crippen molar-refractivity contribution in [1.29, 1.82) is 0 Å². The maximum absolute atomic E-state index is 5.14. The number of methoxy groups -OCH3 is 1. The second-order valence-corrected chi connectivity index (χ2v) is 4.66. The number of hydrogen-bond acceptors (Lipinski definition) is 4. The molecule has 0 saturated carbocycles. The van der Waals surface area contributed by atoms with Crippen LogP contribution in [-0.2, 0) is 0 Å². The van der Waals surface area contributed by atoms with Gasteiger partial charge in [-0.2, -0.15) is 4.98 Å². The maximum Gasteiger partial charge on any atom is 0.253 e. The third-order valence-electron chi connectivity index (χ3n) is 3.33. The lowest BCUT2D eigenvalue weighted by Gasteiger charge is -2.03. The minimum atomic E-state index is 0.646. The van der Waals surface area contributed by atoms with Crippen LogP contribution in [0.3, 0.4) is 0 Å². The van der Waals surface area contributed by atoms with E-state index >= 15 is 0 Å². The second kappa shape index (κ2) is 4.52. The second-order valence-electron chi connectivity index (χ2n) is 4.66. The number of anilines is 2. The number of H-pyrrole nitrogens is 1. The van der Waals surface area contributed by atoms with E-state index in [9.17, 15) is 0 Å². The third-order valence-corrected chi connectivity index (χ3v) is 3.33. The van der Waals surface area contributed by atoms with Crippen LogP contribution < -0.4 is 10.1 Å². The molecule has 0 radical (unpaired) electrons. The molecule has 6 nitrogen and oxygen atoms in total. The Hall–Kier alpha value is -3.02. The molecule has 0 saturated heterocycles. The molecule has 0 aliphatic heterocycles. The molecule has 6 heteroatoms. The molecule has 104 valence electrons. The Kier molecular flexibility index (Phi) is 2.53. The van der Waals surface area contributed by atoms with Gasteiger partial charge in [0.15, 0.2) is 0 Å². The van der Waals surface area contributed by atoms with Gasteiger partial charge >= 0.3 is 0 Å². The fraction of sp³-hybridized carbons (Fsp3) is 0.0667. The number of ether oxygens (including phenoxy) is 1. The number of aromatic nitrogens is 4. The molecule has 0 aliphatic carbocycles. The number of hydrogen-bond donors (Lipinski definition) is 2. The van der Waals surface area contributed by atoms with Crippen molar-refractivity contribution in [3.8, 4) is 5.75 Å². The van der Waals surface area contributed by atoms with Crippen LogP contribution in [0.4, 0.5) is 11.6 Å². The molecule has 2 N–H and O–H groups in total. The van der Waals surface area contributed by atoms with Crippen molar-refractivity contribution < 1.29 is 4.74 Å². The molecule has 4 aromatic rings. The predicted octanol–water partition coefficient (Wildman–Crippen LogP) is 2.96. The predicted molar refractivity (Wildman–Crippen MR) is 81.1 cm³/mol. The Morgan fingerprint density at radius 1 is 1.05 bits per heavy atom. The van der Waals surface area contributed by atoms with Gasteiger partial charge in [0.1, 0.15) is 5.75 Å². The average molecular weight is 279 g/mol. The summed E-state index contributed by atoms with van der Waals surface area (Å²) in [5, 5.41) is 6.41. The van der Waals surface area contributed by atoms with Gasteiger partial charge in [-0.15, -0.1) is 0 Å². The van der Waals surface area contributed by atoms with Crippen LogP contribution >= 0.6 is 0 Å². The molecule has 0 bridgehead atoms. The largest absolute Gasteiger partial charge is 0.497 e. The van der Waals surface area contributed by atoms with E-state index < -0.39 is 0 Å². The van der Waals surface area contributed by atoms with Gasteiger partial charge in [0, 0.05) is 5.69 Å². The highest BCUT2D eigenvalue weighted by Gasteiger charge is 2.08. The maximum atomic E-state index is 5.14. The summed E-state index contributed by atoms with van der Waals surface area (Å²) in [5.74, 6) is 2.11. The minimum absolute atomic E-state index is 0.646. The quantitative estimate of drug-likeness (QED) is 0.605. The summed E-state index contributed by atoms with van der Waals surface area (Å²) in [4.78, 5) is 8.91. The van der Waals surface area contributed by atoms with Crippen LogP contribution in [-0.4, -0.2) is 26.7 Å². The van der Waals surface area contributed by atoms with E-state index in [1.54, 1.807) is 7.11 Å². The SMILES string of the molecule is COc1ccc(Nc2nc3nc4ccccc4n3[nH]2)cc1. The van der Waals surface area contributed by atoms with Crippen molar-refractivity contribution in [3.63, 3.8) is 0 Å². The molecule has 0 amide bonds. The average Bonchev–Trinajstić information content (AvgIpc) is 3.05. The zero-order valence-corrected chi connectivity index (χ0v) is 11.4. The van der Waals surface area contributed by atoms with Crippen molar-refractivity contribution in [1.82, 2.24) is 19.6 Å². The van der Waals surface area contributed by atoms with Crippen molar-refractivity contribution in [3.05, 3.63) is 48.5 Å². The number of fused-ring (bicyclic) bond motifs is 3. The highest BCUT2D eigenvalue weighted by molar-refractivity contribution is 5.79. The van der Waals surface area contributed by atoms with E-state index in [-0.39, 0.29) is 0 Å². The number of para-hydroxylation sites is 2. The smallest absolute Gasteiger partial charge is 0.253 e. The topological polar surface area (TPSA) is 67.2 Å². The summed E-state index contributed by atoms with van der Waals surface area (Å²) >= 11 is 0. The summed E-state index contributed by atoms with van der Waals surface area (Å²) in [6, 6.07) is 15.6. The number of imidazole rings is 1. The number of nitrogens with zero attached hydrogens (tertiary/aromatic N) is 3. The number of benzene rings is 2. The molecule has 0 fully saturated rings. The van der Waals surface area contributed by atoms with Gasteiger partial charge in [0.2, 0.25) is 5.95 Å². The van der Waals surface area contributed by atoms with Gasteiger partial charge in [-0.3, -0.25) is 5.10 Å². The lowest BCUT2D eigenvalue weighted by Crippen LogP contribution is -1.93. The van der Waals surface area contributed by atoms with E-state index in [1.165, 1.54) is 0 Å². The molecular weight excluding hydrogens is 266 g/mol. The van der Waals surface area contributed by atoms with Gasteiger partial charge in [-0.25, -0.2) is 9.50 Å². The van der Waals surface area contributed by atoms with Gasteiger partial charge in [-0.1, -0.05) is 12.1 Å². The van der Waals surface area contributed by atoms with Crippen LogP contribution in [0, 0.1) is 0 Å². The Morgan fingerprint density at radius 3 is 2.67 bits per heavy atom. The first-order chi connectivity index (χ1) is 10.3. The van der Waals surface area contributed by atoms with Gasteiger partial charge < -0.3 is 10.1 Å². The molecule has 21 heavy (non-hydrogen) atoms. The number of aromatic amines is 1. The summed E-state index contributed by atoms with van der Waals surface area (Å²) in [5.41, 5.74) is 2.85. The fourth-order valence-corrected chi connectivity index (χ4v) is 2.30. The standard InChI is InChI=1S/C15H13N5O/c1-21-11-8-6-10(7-9-11)16-14-18-15-17-12-4-2-3-5-13(12)20(15)19-14/h2-9H,1H3,(H2,16,17,18,19). The molecular formula is C15H13N5O. The lowest BCUT2D eigenvalue weighted by molar-refractivity contribution is 0.415. The van der Waals surface area contributed by atoms with Crippen LogP contribution in [0.15, 0.2) is 48.5 Å². The highest BCUT2D eigenvalue weighted by Crippen LogP contribution is 2.20. The van der Waals surface area contributed by atoms with E-state index in [0.29, 0.717) is 11.7 Å². The first-order valence-electron chi connectivity index (χ1n) is 6.58. The summed E-state index contributed by atoms with van der Waals surface area (Å²) in [6.45, 7) is 0. The summed E-state index contributed by atoms with van der Waals surface area (Å²) in [7, 11) is 1.65. The normalized spacial score (nSPS) is 11.1. The minimum Gasteiger partial charge on any atom is -0.497 e. The summed E-state index contributed by atoms with van der Waals surface area (Å²) in [6.07, 6.45) is 0. The first kappa shape index (κ1) is 11.8. The van der Waals surface area contributed by atoms with E-state index in [2.05, 4.69) is 20.4 Å². The van der Waals surface area contributed by atoms with Gasteiger partial charge in [-0.05, 0) is 36.4 Å². The van der Waals surface area contributed by atoms with Crippen LogP contribution in [0.2, 0.25) is 0 Å². The Morgan fingerprint density at radius 2 is 1.86 bits per heavy atom. The zero-order valence-electron chi connectivity index (χ0n) is 11.4. The van der Waals surface area contributed by atoms with Crippen molar-refractivity contribution in [2.24, 2.45) is 0 Å². The Labute approximate surface area is 120 Å². The van der Waals surface area contributed by atoms with Crippen molar-refractivity contribution in [2.75, 3.05) is 12.4 Å². The molecule has 2 aromatic carbocycles. The van der Waals surface area contributed by atoms with Crippen molar-refractivity contribution >= 4 is 28.4 Å². The molecule has 0 spiro atoms. The van der Waals surface area contributed by atoms with Crippen LogP contribution in [0.25, 0.3) is 16.8 Å². The molecule has 0 aliphatic rings. The van der Waals surface area contributed by atoms with Crippen molar-refractivity contribution in [2.45, 2.75) is 0 Å². The van der Waals surface area contributed by atoms with E-state index in [4.69, 9.17) is 4.74 Å². The molecule has 0 atom stereocenters. The molecule has 2 heterocycles. The Balaban J connectivity index is 1.69. The highest BCUT2D eigenvalue weighted by atomic mass is 16.5. The Bertz CT molecular complexity index is 907. The fourth-order valence-electron chi connectivity index (χ4n) is 2.30. The first-order valence-corrected chi connectivity index (χ1v) is 6.58. The van der Waals surface area contributed by atoms with E-state index in [1.807, 2.05) is 53.0 Å². The van der Waals surface area contributed by atoms with Gasteiger partial charge in [0.05, 0.1) is 18.1 Å².